The van der Waals surface area contributed by atoms with Gasteiger partial charge >= 0.3 is 24.3 Å². The van der Waals surface area contributed by atoms with Gasteiger partial charge in [0.05, 0.1) is 19.4 Å². The van der Waals surface area contributed by atoms with E-state index in [1.54, 1.807) is 0 Å². The maximum atomic E-state index is 12.9. The molecule has 17 heteroatoms. The van der Waals surface area contributed by atoms with Gasteiger partial charge < -0.3 is 9.47 Å². The molecule has 0 bridgehead atoms. The zero-order valence-corrected chi connectivity index (χ0v) is 20.3. The largest absolute Gasteiger partial charge is 0.462 e. The summed E-state index contributed by atoms with van der Waals surface area (Å²) in [5.41, 5.74) is -3.88. The zero-order valence-electron chi connectivity index (χ0n) is 18.8. The fourth-order valence-corrected chi connectivity index (χ4v) is 3.25. The second-order valence-corrected chi connectivity index (χ2v) is 7.64. The van der Waals surface area contributed by atoms with Crippen molar-refractivity contribution in [1.82, 2.24) is 28.7 Å². The lowest BCUT2D eigenvalue weighted by atomic mass is 10.2. The molecule has 0 fully saturated rings. The molecular weight excluding hydrogens is 582 g/mol. The Hall–Kier alpha value is -3.76. The molecule has 4 rings (SSSR count). The van der Waals surface area contributed by atoms with Gasteiger partial charge in [0.2, 0.25) is 11.6 Å². The van der Waals surface area contributed by atoms with Crippen LogP contribution in [0.3, 0.4) is 0 Å². The molecule has 4 aromatic rings. The van der Waals surface area contributed by atoms with Crippen LogP contribution in [0.15, 0.2) is 35.6 Å². The Bertz CT molecular complexity index is 1450. The molecule has 0 aromatic carbocycles. The Morgan fingerprint density at radius 1 is 0.865 bits per heavy atom. The predicted octanol–water partition coefficient (Wildman–Crippen LogP) is 4.61. The first kappa shape index (κ1) is 27.8. The third kappa shape index (κ3) is 6.15. The molecule has 0 saturated carbocycles. The maximum absolute atomic E-state index is 12.9. The number of halogens is 7. The van der Waals surface area contributed by atoms with Crippen LogP contribution in [-0.2, 0) is 21.8 Å². The van der Waals surface area contributed by atoms with Crippen LogP contribution >= 0.6 is 15.9 Å². The molecule has 0 aliphatic carbocycles. The molecule has 0 unspecified atom stereocenters. The first-order valence-corrected chi connectivity index (χ1v) is 10.9. The fraction of sp³-hybridized carbons (Fsp3) is 0.300. The summed E-state index contributed by atoms with van der Waals surface area (Å²) in [6.07, 6.45) is -3.52. The second-order valence-electron chi connectivity index (χ2n) is 6.83. The molecule has 4 aromatic heterocycles. The summed E-state index contributed by atoms with van der Waals surface area (Å²) in [5.74, 6) is -2.43. The SMILES string of the molecule is CCOC(=O)c1cn2c(Br)cnc2nc1C(F)(F)F.CCOC(=O)c1cn2ccnc2nc1C(F)(F)F. The summed E-state index contributed by atoms with van der Waals surface area (Å²) in [7, 11) is 0. The normalized spacial score (nSPS) is 11.8. The third-order valence-corrected chi connectivity index (χ3v) is 4.96. The molecule has 198 valence electrons. The lowest BCUT2D eigenvalue weighted by Crippen LogP contribution is -2.18. The number of alkyl halides is 6. The number of carbonyl (C=O) groups excluding carboxylic acids is 2. The van der Waals surface area contributed by atoms with Crippen molar-refractivity contribution < 1.29 is 45.4 Å². The molecular formula is C20H15BrF6N6O4. The predicted molar refractivity (Wildman–Crippen MR) is 116 cm³/mol. The van der Waals surface area contributed by atoms with Crippen LogP contribution in [0.2, 0.25) is 0 Å². The van der Waals surface area contributed by atoms with Gasteiger partial charge in [-0.15, -0.1) is 0 Å². The van der Waals surface area contributed by atoms with E-state index in [4.69, 9.17) is 0 Å². The van der Waals surface area contributed by atoms with E-state index in [0.29, 0.717) is 4.60 Å². The number of hydrogen-bond donors (Lipinski definition) is 0. The van der Waals surface area contributed by atoms with E-state index in [-0.39, 0.29) is 24.8 Å². The number of hydrogen-bond acceptors (Lipinski definition) is 8. The van der Waals surface area contributed by atoms with Gasteiger partial charge in [-0.05, 0) is 29.8 Å². The number of esters is 2. The second kappa shape index (κ2) is 10.7. The minimum Gasteiger partial charge on any atom is -0.462 e. The number of aromatic nitrogens is 6. The zero-order chi connectivity index (χ0) is 27.5. The van der Waals surface area contributed by atoms with Gasteiger partial charge in [0.1, 0.15) is 15.7 Å². The van der Waals surface area contributed by atoms with Crippen LogP contribution in [0.1, 0.15) is 46.0 Å². The summed E-state index contributed by atoms with van der Waals surface area (Å²) in [4.78, 5) is 37.1. The monoisotopic (exact) mass is 596 g/mol. The smallest absolute Gasteiger partial charge is 0.434 e. The van der Waals surface area contributed by atoms with Crippen LogP contribution < -0.4 is 0 Å². The number of carbonyl (C=O) groups is 2. The van der Waals surface area contributed by atoms with E-state index < -0.39 is 46.8 Å². The van der Waals surface area contributed by atoms with E-state index in [0.717, 1.165) is 12.4 Å². The summed E-state index contributed by atoms with van der Waals surface area (Å²) < 4.78 is 88.9. The van der Waals surface area contributed by atoms with E-state index >= 15 is 0 Å². The van der Waals surface area contributed by atoms with Crippen LogP contribution in [0.25, 0.3) is 11.6 Å². The highest BCUT2D eigenvalue weighted by atomic mass is 79.9. The summed E-state index contributed by atoms with van der Waals surface area (Å²) >= 11 is 3.09. The summed E-state index contributed by atoms with van der Waals surface area (Å²) in [5, 5.41) is 0. The van der Waals surface area contributed by atoms with Crippen molar-refractivity contribution in [3.8, 4) is 0 Å². The van der Waals surface area contributed by atoms with Crippen LogP contribution in [0.4, 0.5) is 26.3 Å². The minimum atomic E-state index is -4.76. The van der Waals surface area contributed by atoms with Crippen molar-refractivity contribution >= 4 is 39.4 Å². The molecule has 0 amide bonds. The number of fused-ring (bicyclic) bond motifs is 2. The van der Waals surface area contributed by atoms with Crippen molar-refractivity contribution in [3.63, 3.8) is 0 Å². The van der Waals surface area contributed by atoms with Crippen LogP contribution in [0.5, 0.6) is 0 Å². The lowest BCUT2D eigenvalue weighted by molar-refractivity contribution is -0.142. The average Bonchev–Trinajstić information content (AvgIpc) is 3.43. The van der Waals surface area contributed by atoms with Gasteiger partial charge in [0, 0.05) is 24.8 Å². The quantitative estimate of drug-likeness (QED) is 0.248. The molecule has 0 spiro atoms. The Morgan fingerprint density at radius 3 is 1.89 bits per heavy atom. The fourth-order valence-electron chi connectivity index (χ4n) is 2.89. The molecule has 0 radical (unpaired) electrons. The Labute approximate surface area is 211 Å². The average molecular weight is 597 g/mol. The van der Waals surface area contributed by atoms with Crippen molar-refractivity contribution in [2.24, 2.45) is 0 Å². The van der Waals surface area contributed by atoms with Crippen molar-refractivity contribution in [2.45, 2.75) is 26.2 Å². The Balaban J connectivity index is 0.000000206. The maximum Gasteiger partial charge on any atom is 0.434 e. The molecule has 4 heterocycles. The molecule has 0 aliphatic heterocycles. The van der Waals surface area contributed by atoms with Crippen molar-refractivity contribution in [1.29, 1.82) is 0 Å². The van der Waals surface area contributed by atoms with Crippen molar-refractivity contribution in [2.75, 3.05) is 13.2 Å². The minimum absolute atomic E-state index is 0.0158. The van der Waals surface area contributed by atoms with E-state index in [2.05, 4.69) is 45.3 Å². The summed E-state index contributed by atoms with van der Waals surface area (Å²) in [6, 6.07) is 0. The third-order valence-electron chi connectivity index (χ3n) is 4.37. The standard InChI is InChI=1S/C10H7BrF3N3O2.C10H8F3N3O2/c1-2-19-8(18)5-4-17-6(11)3-15-9(17)16-7(5)10(12,13)14;1-2-18-8(17)6-5-16-4-3-14-9(16)15-7(6)10(11,12)13/h3-4H,2H2,1H3;3-5H,2H2,1H3. The van der Waals surface area contributed by atoms with E-state index in [9.17, 15) is 35.9 Å². The van der Waals surface area contributed by atoms with E-state index in [1.165, 1.54) is 41.2 Å². The molecule has 37 heavy (non-hydrogen) atoms. The van der Waals surface area contributed by atoms with Gasteiger partial charge in [-0.1, -0.05) is 0 Å². The van der Waals surface area contributed by atoms with Crippen LogP contribution in [0, 0.1) is 0 Å². The Kier molecular flexibility index (Phi) is 8.04. The van der Waals surface area contributed by atoms with Gasteiger partial charge in [0.25, 0.3) is 0 Å². The molecule has 0 saturated heterocycles. The number of imidazole rings is 2. The number of rotatable bonds is 4. The topological polar surface area (TPSA) is 113 Å². The highest BCUT2D eigenvalue weighted by molar-refractivity contribution is 9.10. The van der Waals surface area contributed by atoms with Crippen molar-refractivity contribution in [3.05, 3.63) is 58.1 Å². The lowest BCUT2D eigenvalue weighted by Gasteiger charge is -2.11. The van der Waals surface area contributed by atoms with Crippen LogP contribution in [-0.4, -0.2) is 53.9 Å². The Morgan fingerprint density at radius 2 is 1.38 bits per heavy atom. The number of nitrogens with zero attached hydrogens (tertiary/aromatic N) is 6. The molecule has 0 aliphatic rings. The highest BCUT2D eigenvalue weighted by Crippen LogP contribution is 2.32. The van der Waals surface area contributed by atoms with E-state index in [1.807, 2.05) is 0 Å². The highest BCUT2D eigenvalue weighted by Gasteiger charge is 2.39. The first-order valence-electron chi connectivity index (χ1n) is 10.1. The van der Waals surface area contributed by atoms with Gasteiger partial charge in [-0.2, -0.15) is 26.3 Å². The van der Waals surface area contributed by atoms with Gasteiger partial charge in [-0.3, -0.25) is 8.80 Å². The number of ether oxygens (including phenoxy) is 2. The summed E-state index contributed by atoms with van der Waals surface area (Å²) in [6.45, 7) is 2.97. The molecule has 0 N–H and O–H groups in total. The first-order chi connectivity index (χ1) is 17.3. The molecule has 10 nitrogen and oxygen atoms in total. The van der Waals surface area contributed by atoms with Gasteiger partial charge in [-0.25, -0.2) is 29.5 Å². The molecule has 0 atom stereocenters. The van der Waals surface area contributed by atoms with Gasteiger partial charge in [0.15, 0.2) is 11.4 Å².